The van der Waals surface area contributed by atoms with Gasteiger partial charge in [0.1, 0.15) is 15.8 Å². The number of benzene rings is 1. The van der Waals surface area contributed by atoms with Gasteiger partial charge < -0.3 is 10.4 Å². The maximum absolute atomic E-state index is 13.4. The van der Waals surface area contributed by atoms with E-state index in [0.29, 0.717) is 32.1 Å². The Hall–Kier alpha value is -2.72. The van der Waals surface area contributed by atoms with Gasteiger partial charge in [-0.05, 0) is 42.7 Å². The van der Waals surface area contributed by atoms with Crippen molar-refractivity contribution in [3.63, 3.8) is 0 Å². The molecule has 0 radical (unpaired) electrons. The van der Waals surface area contributed by atoms with Gasteiger partial charge in [-0.25, -0.2) is 4.98 Å². The van der Waals surface area contributed by atoms with Gasteiger partial charge in [0, 0.05) is 11.2 Å². The average molecular weight is 515 g/mol. The van der Waals surface area contributed by atoms with Crippen LogP contribution in [-0.4, -0.2) is 42.3 Å². The highest BCUT2D eigenvalue weighted by Crippen LogP contribution is 2.35. The zero-order valence-electron chi connectivity index (χ0n) is 18.6. The van der Waals surface area contributed by atoms with Crippen molar-refractivity contribution in [1.82, 2.24) is 14.3 Å². The standard InChI is InChI=1S/C24H23ClN4O3S2/c1-3-16(13-30)26-20-17(22(31)28-10-6-7-14(2)21(28)27-20)11-19-23(32)29(24(33)34-19)12-15-8-4-5-9-18(15)25/h4-11,16,26,30H,3,12-13H2,1-2H3/b19-11-. The van der Waals surface area contributed by atoms with Gasteiger partial charge in [-0.15, -0.1) is 0 Å². The van der Waals surface area contributed by atoms with Crippen molar-refractivity contribution in [3.05, 3.63) is 79.6 Å². The van der Waals surface area contributed by atoms with Gasteiger partial charge in [0.2, 0.25) is 0 Å². The molecule has 176 valence electrons. The van der Waals surface area contributed by atoms with Gasteiger partial charge in [-0.2, -0.15) is 0 Å². The number of nitrogens with zero attached hydrogens (tertiary/aromatic N) is 3. The van der Waals surface area contributed by atoms with Gasteiger partial charge in [0.25, 0.3) is 11.5 Å². The lowest BCUT2D eigenvalue weighted by Gasteiger charge is -2.18. The van der Waals surface area contributed by atoms with E-state index in [0.717, 1.165) is 22.9 Å². The van der Waals surface area contributed by atoms with E-state index in [2.05, 4.69) is 10.3 Å². The van der Waals surface area contributed by atoms with E-state index < -0.39 is 0 Å². The number of carbonyl (C=O) groups is 1. The molecule has 4 rings (SSSR count). The fourth-order valence-corrected chi connectivity index (χ4v) is 5.02. The summed E-state index contributed by atoms with van der Waals surface area (Å²) in [5, 5.41) is 13.4. The van der Waals surface area contributed by atoms with Gasteiger partial charge in [0.05, 0.1) is 29.7 Å². The smallest absolute Gasteiger partial charge is 0.267 e. The molecule has 34 heavy (non-hydrogen) atoms. The number of amides is 1. The molecule has 0 spiro atoms. The van der Waals surface area contributed by atoms with Gasteiger partial charge in [0.15, 0.2) is 0 Å². The van der Waals surface area contributed by atoms with E-state index in [1.54, 1.807) is 18.3 Å². The summed E-state index contributed by atoms with van der Waals surface area (Å²) in [4.78, 5) is 33.1. The number of carbonyl (C=O) groups excluding carboxylic acids is 1. The van der Waals surface area contributed by atoms with Crippen molar-refractivity contribution >= 4 is 63.3 Å². The summed E-state index contributed by atoms with van der Waals surface area (Å²) in [6.07, 6.45) is 3.80. The van der Waals surface area contributed by atoms with Crippen molar-refractivity contribution in [3.8, 4) is 0 Å². The van der Waals surface area contributed by atoms with Crippen LogP contribution in [0.4, 0.5) is 5.82 Å². The Morgan fingerprint density at radius 1 is 1.26 bits per heavy atom. The first-order valence-electron chi connectivity index (χ1n) is 10.7. The van der Waals surface area contributed by atoms with Crippen molar-refractivity contribution < 1.29 is 9.90 Å². The molecule has 1 fully saturated rings. The molecule has 1 aromatic carbocycles. The van der Waals surface area contributed by atoms with Crippen LogP contribution in [0.1, 0.15) is 30.0 Å². The summed E-state index contributed by atoms with van der Waals surface area (Å²) in [5.74, 6) is 0.0142. The summed E-state index contributed by atoms with van der Waals surface area (Å²) < 4.78 is 1.84. The maximum Gasteiger partial charge on any atom is 0.267 e. The molecule has 2 N–H and O–H groups in total. The Bertz CT molecular complexity index is 1370. The molecule has 2 aromatic heterocycles. The minimum absolute atomic E-state index is 0.120. The first-order valence-corrected chi connectivity index (χ1v) is 12.3. The van der Waals surface area contributed by atoms with E-state index in [4.69, 9.17) is 23.8 Å². The fourth-order valence-electron chi connectivity index (χ4n) is 3.59. The van der Waals surface area contributed by atoms with Gasteiger partial charge in [-0.3, -0.25) is 18.9 Å². The molecule has 0 saturated carbocycles. The van der Waals surface area contributed by atoms with E-state index in [1.165, 1.54) is 15.4 Å². The SMILES string of the molecule is CCC(CO)Nc1nc2c(C)cccn2c(=O)c1/C=C1\SC(=S)N(Cc2ccccc2Cl)C1=O. The Labute approximate surface area is 211 Å². The first-order chi connectivity index (χ1) is 16.3. The van der Waals surface area contributed by atoms with Crippen LogP contribution in [0.25, 0.3) is 11.7 Å². The third kappa shape index (κ3) is 4.74. The average Bonchev–Trinajstić information content (AvgIpc) is 3.09. The topological polar surface area (TPSA) is 86.9 Å². The molecule has 1 unspecified atom stereocenters. The van der Waals surface area contributed by atoms with E-state index in [9.17, 15) is 14.7 Å². The number of nitrogens with one attached hydrogen (secondary N) is 1. The Kier molecular flexibility index (Phi) is 7.37. The number of halogens is 1. The van der Waals surface area contributed by atoms with Crippen molar-refractivity contribution in [2.75, 3.05) is 11.9 Å². The molecule has 1 atom stereocenters. The van der Waals surface area contributed by atoms with Crippen LogP contribution in [0.5, 0.6) is 0 Å². The number of pyridine rings is 1. The number of anilines is 1. The van der Waals surface area contributed by atoms with Crippen LogP contribution in [0.2, 0.25) is 5.02 Å². The van der Waals surface area contributed by atoms with Crippen molar-refractivity contribution in [1.29, 1.82) is 0 Å². The number of thiocarbonyl (C=S) groups is 1. The van der Waals surface area contributed by atoms with Crippen LogP contribution in [-0.2, 0) is 11.3 Å². The van der Waals surface area contributed by atoms with Crippen LogP contribution in [0, 0.1) is 6.92 Å². The predicted octanol–water partition coefficient (Wildman–Crippen LogP) is 4.24. The number of aliphatic hydroxyl groups is 1. The summed E-state index contributed by atoms with van der Waals surface area (Å²) >= 11 is 12.9. The summed E-state index contributed by atoms with van der Waals surface area (Å²) in [5.41, 5.74) is 2.03. The van der Waals surface area contributed by atoms with Crippen LogP contribution < -0.4 is 10.9 Å². The largest absolute Gasteiger partial charge is 0.394 e. The van der Waals surface area contributed by atoms with E-state index in [-0.39, 0.29) is 36.2 Å². The minimum Gasteiger partial charge on any atom is -0.394 e. The Balaban J connectivity index is 1.78. The van der Waals surface area contributed by atoms with Crippen LogP contribution in [0.15, 0.2) is 52.3 Å². The molecular weight excluding hydrogens is 492 g/mol. The number of hydrogen-bond donors (Lipinski definition) is 2. The molecule has 10 heteroatoms. The number of hydrogen-bond acceptors (Lipinski definition) is 7. The number of rotatable bonds is 7. The van der Waals surface area contributed by atoms with Crippen molar-refractivity contribution in [2.45, 2.75) is 32.9 Å². The fraction of sp³-hybridized carbons (Fsp3) is 0.250. The third-order valence-corrected chi connectivity index (χ3v) is 7.32. The first kappa shape index (κ1) is 24.4. The highest BCUT2D eigenvalue weighted by atomic mass is 35.5. The highest BCUT2D eigenvalue weighted by molar-refractivity contribution is 8.26. The molecular formula is C24H23ClN4O3S2. The zero-order valence-corrected chi connectivity index (χ0v) is 21.0. The highest BCUT2D eigenvalue weighted by Gasteiger charge is 2.33. The Morgan fingerprint density at radius 3 is 2.74 bits per heavy atom. The summed E-state index contributed by atoms with van der Waals surface area (Å²) in [6.45, 7) is 3.91. The lowest BCUT2D eigenvalue weighted by Crippen LogP contribution is -2.28. The van der Waals surface area contributed by atoms with Crippen LogP contribution in [0.3, 0.4) is 0 Å². The second kappa shape index (κ2) is 10.3. The van der Waals surface area contributed by atoms with Crippen LogP contribution >= 0.6 is 35.6 Å². The number of aryl methyl sites for hydroxylation is 1. The minimum atomic E-state index is -0.319. The number of aromatic nitrogens is 2. The van der Waals surface area contributed by atoms with E-state index in [1.807, 2.05) is 38.1 Å². The predicted molar refractivity (Wildman–Crippen MR) is 141 cm³/mol. The lowest BCUT2D eigenvalue weighted by atomic mass is 10.2. The van der Waals surface area contributed by atoms with Crippen molar-refractivity contribution in [2.24, 2.45) is 0 Å². The monoisotopic (exact) mass is 514 g/mol. The Morgan fingerprint density at radius 2 is 2.03 bits per heavy atom. The lowest BCUT2D eigenvalue weighted by molar-refractivity contribution is -0.122. The molecule has 3 heterocycles. The number of thioether (sulfide) groups is 1. The zero-order chi connectivity index (χ0) is 24.4. The summed E-state index contributed by atoms with van der Waals surface area (Å²) in [7, 11) is 0. The second-order valence-corrected chi connectivity index (χ2v) is 9.94. The molecule has 1 aliphatic heterocycles. The number of aliphatic hydroxyl groups excluding tert-OH is 1. The molecule has 0 bridgehead atoms. The molecule has 1 saturated heterocycles. The molecule has 1 aliphatic rings. The third-order valence-electron chi connectivity index (χ3n) is 5.57. The second-order valence-electron chi connectivity index (χ2n) is 7.86. The quantitative estimate of drug-likeness (QED) is 0.360. The molecule has 7 nitrogen and oxygen atoms in total. The molecule has 3 aromatic rings. The molecule has 1 amide bonds. The normalized spacial score (nSPS) is 16.0. The van der Waals surface area contributed by atoms with E-state index >= 15 is 0 Å². The summed E-state index contributed by atoms with van der Waals surface area (Å²) in [6, 6.07) is 10.6. The van der Waals surface area contributed by atoms with Gasteiger partial charge >= 0.3 is 0 Å². The van der Waals surface area contributed by atoms with Gasteiger partial charge in [-0.1, -0.05) is 66.8 Å². The molecule has 0 aliphatic carbocycles. The maximum atomic E-state index is 13.4. The number of fused-ring (bicyclic) bond motifs is 1.